The van der Waals surface area contributed by atoms with Gasteiger partial charge < -0.3 is 10.4 Å². The predicted molar refractivity (Wildman–Crippen MR) is 59.3 cm³/mol. The Morgan fingerprint density at radius 1 is 1.44 bits per heavy atom. The molecule has 4 heteroatoms. The van der Waals surface area contributed by atoms with Gasteiger partial charge in [0.1, 0.15) is 5.60 Å². The van der Waals surface area contributed by atoms with Crippen LogP contribution in [0.25, 0.3) is 0 Å². The van der Waals surface area contributed by atoms with E-state index in [1.165, 1.54) is 13.8 Å². The third-order valence-corrected chi connectivity index (χ3v) is 2.09. The van der Waals surface area contributed by atoms with Gasteiger partial charge in [0.2, 0.25) is 0 Å². The summed E-state index contributed by atoms with van der Waals surface area (Å²) in [5.74, 6) is -0.420. The Kier molecular flexibility index (Phi) is 3.64. The van der Waals surface area contributed by atoms with Gasteiger partial charge in [0.15, 0.2) is 0 Å². The molecule has 16 heavy (non-hydrogen) atoms. The quantitative estimate of drug-likeness (QED) is 0.793. The third-order valence-electron chi connectivity index (χ3n) is 2.09. The molecule has 0 saturated carbocycles. The summed E-state index contributed by atoms with van der Waals surface area (Å²) in [6, 6.07) is 8.92. The van der Waals surface area contributed by atoms with E-state index in [-0.39, 0.29) is 0 Å². The van der Waals surface area contributed by atoms with E-state index in [0.29, 0.717) is 12.1 Å². The minimum absolute atomic E-state index is 0.342. The summed E-state index contributed by atoms with van der Waals surface area (Å²) in [5.41, 5.74) is 0.0984. The highest BCUT2D eigenvalue weighted by Gasteiger charge is 2.22. The van der Waals surface area contributed by atoms with Gasteiger partial charge in [-0.1, -0.05) is 12.1 Å². The van der Waals surface area contributed by atoms with Gasteiger partial charge in [-0.15, -0.1) is 0 Å². The third kappa shape index (κ3) is 3.37. The van der Waals surface area contributed by atoms with Crippen LogP contribution in [0.2, 0.25) is 0 Å². The predicted octanol–water partition coefficient (Wildman–Crippen LogP) is 0.945. The molecule has 0 bridgehead atoms. The first-order chi connectivity index (χ1) is 7.43. The molecule has 0 radical (unpaired) electrons. The van der Waals surface area contributed by atoms with Gasteiger partial charge in [-0.2, -0.15) is 5.26 Å². The lowest BCUT2D eigenvalue weighted by Crippen LogP contribution is -2.41. The number of carbonyl (C=O) groups excluding carboxylic acids is 1. The summed E-state index contributed by atoms with van der Waals surface area (Å²) < 4.78 is 0. The zero-order valence-corrected chi connectivity index (χ0v) is 9.32. The van der Waals surface area contributed by atoms with Crippen LogP contribution in [0, 0.1) is 11.3 Å². The van der Waals surface area contributed by atoms with E-state index in [1.54, 1.807) is 24.3 Å². The molecular weight excluding hydrogens is 204 g/mol. The highest BCUT2D eigenvalue weighted by atomic mass is 16.3. The highest BCUT2D eigenvalue weighted by Crippen LogP contribution is 2.05. The fourth-order valence-corrected chi connectivity index (χ4v) is 1.10. The van der Waals surface area contributed by atoms with Gasteiger partial charge in [-0.25, -0.2) is 0 Å². The van der Waals surface area contributed by atoms with Gasteiger partial charge in [0, 0.05) is 6.54 Å². The summed E-state index contributed by atoms with van der Waals surface area (Å²) >= 11 is 0. The maximum absolute atomic E-state index is 11.3. The summed E-state index contributed by atoms with van der Waals surface area (Å²) in [6.45, 7) is 3.21. The number of hydrogen-bond acceptors (Lipinski definition) is 3. The minimum Gasteiger partial charge on any atom is -0.381 e. The Morgan fingerprint density at radius 3 is 2.44 bits per heavy atom. The number of nitrogens with one attached hydrogen (secondary N) is 1. The molecule has 84 valence electrons. The normalized spacial score (nSPS) is 10.6. The lowest BCUT2D eigenvalue weighted by atomic mass is 10.1. The number of rotatable bonds is 3. The highest BCUT2D eigenvalue weighted by molar-refractivity contribution is 5.83. The number of hydrogen-bond donors (Lipinski definition) is 2. The van der Waals surface area contributed by atoms with Gasteiger partial charge in [0.25, 0.3) is 5.91 Å². The van der Waals surface area contributed by atoms with E-state index in [0.717, 1.165) is 5.56 Å². The van der Waals surface area contributed by atoms with E-state index < -0.39 is 11.5 Å². The molecule has 2 N–H and O–H groups in total. The maximum Gasteiger partial charge on any atom is 0.251 e. The van der Waals surface area contributed by atoms with Crippen LogP contribution in [-0.2, 0) is 11.3 Å². The lowest BCUT2D eigenvalue weighted by molar-refractivity contribution is -0.136. The molecule has 0 fully saturated rings. The molecule has 0 unspecified atom stereocenters. The van der Waals surface area contributed by atoms with Crippen molar-refractivity contribution in [3.63, 3.8) is 0 Å². The molecule has 4 nitrogen and oxygen atoms in total. The van der Waals surface area contributed by atoms with Crippen molar-refractivity contribution in [1.82, 2.24) is 5.32 Å². The van der Waals surface area contributed by atoms with E-state index >= 15 is 0 Å². The van der Waals surface area contributed by atoms with Crippen molar-refractivity contribution in [2.24, 2.45) is 0 Å². The van der Waals surface area contributed by atoms with E-state index in [2.05, 4.69) is 5.32 Å². The zero-order valence-electron chi connectivity index (χ0n) is 9.32. The molecule has 1 rings (SSSR count). The van der Waals surface area contributed by atoms with Gasteiger partial charge in [-0.3, -0.25) is 4.79 Å². The Labute approximate surface area is 94.5 Å². The Morgan fingerprint density at radius 2 is 2.00 bits per heavy atom. The van der Waals surface area contributed by atoms with Crippen LogP contribution in [0.5, 0.6) is 0 Å². The molecule has 0 atom stereocenters. The summed E-state index contributed by atoms with van der Waals surface area (Å²) in [6.07, 6.45) is 0. The van der Waals surface area contributed by atoms with Crippen molar-refractivity contribution in [3.8, 4) is 6.07 Å². The molecule has 1 amide bonds. The molecule has 0 aliphatic rings. The lowest BCUT2D eigenvalue weighted by Gasteiger charge is -2.16. The van der Waals surface area contributed by atoms with Gasteiger partial charge in [-0.05, 0) is 31.5 Å². The Hall–Kier alpha value is -1.86. The van der Waals surface area contributed by atoms with Crippen molar-refractivity contribution in [1.29, 1.82) is 5.26 Å². The molecule has 0 aliphatic carbocycles. The minimum atomic E-state index is -1.37. The largest absolute Gasteiger partial charge is 0.381 e. The van der Waals surface area contributed by atoms with Gasteiger partial charge in [0.05, 0.1) is 11.6 Å². The second-order valence-electron chi connectivity index (χ2n) is 4.05. The second-order valence-corrected chi connectivity index (χ2v) is 4.05. The van der Waals surface area contributed by atoms with Crippen LogP contribution < -0.4 is 5.32 Å². The van der Waals surface area contributed by atoms with Crippen molar-refractivity contribution in [2.75, 3.05) is 0 Å². The first kappa shape index (κ1) is 12.2. The molecule has 0 saturated heterocycles. The first-order valence-electron chi connectivity index (χ1n) is 4.93. The smallest absolute Gasteiger partial charge is 0.251 e. The second kappa shape index (κ2) is 4.77. The fourth-order valence-electron chi connectivity index (χ4n) is 1.10. The van der Waals surface area contributed by atoms with Crippen LogP contribution in [0.15, 0.2) is 24.3 Å². The van der Waals surface area contributed by atoms with Gasteiger partial charge >= 0.3 is 0 Å². The summed E-state index contributed by atoms with van der Waals surface area (Å²) in [5, 5.41) is 20.6. The van der Waals surface area contributed by atoms with Crippen LogP contribution in [-0.4, -0.2) is 16.6 Å². The molecule has 1 aromatic rings. The topological polar surface area (TPSA) is 73.1 Å². The fraction of sp³-hybridized carbons (Fsp3) is 0.333. The van der Waals surface area contributed by atoms with Crippen molar-refractivity contribution in [3.05, 3.63) is 35.4 Å². The SMILES string of the molecule is CC(C)(O)C(=O)NCc1ccc(C#N)cc1. The Bertz CT molecular complexity index is 410. The summed E-state index contributed by atoms with van der Waals surface area (Å²) in [4.78, 5) is 11.3. The maximum atomic E-state index is 11.3. The van der Waals surface area contributed by atoms with Crippen LogP contribution >= 0.6 is 0 Å². The average Bonchev–Trinajstić information content (AvgIpc) is 2.25. The van der Waals surface area contributed by atoms with E-state index in [9.17, 15) is 9.90 Å². The molecule has 0 heterocycles. The van der Waals surface area contributed by atoms with Crippen LogP contribution in [0.1, 0.15) is 25.0 Å². The van der Waals surface area contributed by atoms with E-state index in [4.69, 9.17) is 5.26 Å². The van der Waals surface area contributed by atoms with E-state index in [1.807, 2.05) is 6.07 Å². The number of nitrogens with zero attached hydrogens (tertiary/aromatic N) is 1. The molecule has 0 aliphatic heterocycles. The van der Waals surface area contributed by atoms with Crippen molar-refractivity contribution < 1.29 is 9.90 Å². The van der Waals surface area contributed by atoms with Crippen LogP contribution in [0.4, 0.5) is 0 Å². The number of aliphatic hydroxyl groups is 1. The van der Waals surface area contributed by atoms with Crippen molar-refractivity contribution >= 4 is 5.91 Å². The molecule has 0 spiro atoms. The number of nitriles is 1. The monoisotopic (exact) mass is 218 g/mol. The molecule has 1 aromatic carbocycles. The Balaban J connectivity index is 2.56. The number of carbonyl (C=O) groups is 1. The first-order valence-corrected chi connectivity index (χ1v) is 4.93. The van der Waals surface area contributed by atoms with Crippen LogP contribution in [0.3, 0.4) is 0 Å². The number of benzene rings is 1. The number of amides is 1. The molecular formula is C12H14N2O2. The average molecular weight is 218 g/mol. The zero-order chi connectivity index (χ0) is 12.2. The van der Waals surface area contributed by atoms with Crippen molar-refractivity contribution in [2.45, 2.75) is 26.0 Å². The standard InChI is InChI=1S/C12H14N2O2/c1-12(2,16)11(15)14-8-10-5-3-9(7-13)4-6-10/h3-6,16H,8H2,1-2H3,(H,14,15). The summed E-state index contributed by atoms with van der Waals surface area (Å²) in [7, 11) is 0. The molecule has 0 aromatic heterocycles.